The molecule has 30 heavy (non-hydrogen) atoms. The molecule has 0 spiro atoms. The number of aromatic amines is 1. The molecule has 0 aliphatic heterocycles. The summed E-state index contributed by atoms with van der Waals surface area (Å²) in [6.07, 6.45) is 13.6. The summed E-state index contributed by atoms with van der Waals surface area (Å²) in [7, 11) is 0. The van der Waals surface area contributed by atoms with Crippen LogP contribution in [0.25, 0.3) is 33.2 Å². The van der Waals surface area contributed by atoms with Gasteiger partial charge in [0.15, 0.2) is 5.65 Å². The number of fused-ring (bicyclic) bond motifs is 2. The Kier molecular flexibility index (Phi) is 4.25. The summed E-state index contributed by atoms with van der Waals surface area (Å²) in [5.74, 6) is 0. The van der Waals surface area contributed by atoms with Gasteiger partial charge in [0.05, 0.1) is 22.3 Å². The van der Waals surface area contributed by atoms with Gasteiger partial charge in [-0.15, -0.1) is 5.10 Å². The van der Waals surface area contributed by atoms with Crippen molar-refractivity contribution >= 4 is 27.8 Å². The summed E-state index contributed by atoms with van der Waals surface area (Å²) < 4.78 is 0. The summed E-state index contributed by atoms with van der Waals surface area (Å²) in [6.45, 7) is 2.15. The van der Waals surface area contributed by atoms with Gasteiger partial charge in [-0.1, -0.05) is 42.5 Å². The first-order valence-electron chi connectivity index (χ1n) is 9.84. The highest BCUT2D eigenvalue weighted by Crippen LogP contribution is 2.35. The number of aromatic nitrogens is 5. The van der Waals surface area contributed by atoms with Crippen LogP contribution in [0.15, 0.2) is 61.0 Å². The minimum atomic E-state index is -0.230. The Hall–Kier alpha value is -4.05. The van der Waals surface area contributed by atoms with Crippen molar-refractivity contribution < 1.29 is 0 Å². The highest BCUT2D eigenvalue weighted by atomic mass is 15.3. The fourth-order valence-electron chi connectivity index (χ4n) is 3.85. The van der Waals surface area contributed by atoms with Crippen LogP contribution < -0.4 is 5.32 Å². The molecule has 1 aliphatic carbocycles. The summed E-state index contributed by atoms with van der Waals surface area (Å²) >= 11 is 0. The van der Waals surface area contributed by atoms with Crippen LogP contribution in [0.3, 0.4) is 0 Å². The van der Waals surface area contributed by atoms with Crippen LogP contribution >= 0.6 is 0 Å². The first kappa shape index (κ1) is 18.0. The van der Waals surface area contributed by atoms with Gasteiger partial charge in [-0.25, -0.2) is 10.1 Å². The molecule has 0 saturated carbocycles. The molecule has 1 unspecified atom stereocenters. The van der Waals surface area contributed by atoms with Crippen LogP contribution in [0.2, 0.25) is 0 Å². The molecule has 7 heteroatoms. The van der Waals surface area contributed by atoms with Gasteiger partial charge in [0.25, 0.3) is 0 Å². The number of allylic oxidation sites excluding steroid dienone is 2. The number of nitrogens with zero attached hydrogens (tertiary/aromatic N) is 5. The maximum Gasteiger partial charge on any atom is 0.175 e. The number of nitrogens with one attached hydrogen (secondary N) is 2. The molecule has 7 nitrogen and oxygen atoms in total. The van der Waals surface area contributed by atoms with E-state index in [1.54, 1.807) is 12.4 Å². The van der Waals surface area contributed by atoms with Crippen molar-refractivity contribution in [1.29, 1.82) is 5.26 Å². The highest BCUT2D eigenvalue weighted by Gasteiger charge is 2.26. The minimum absolute atomic E-state index is 0.230. The van der Waals surface area contributed by atoms with Crippen molar-refractivity contribution in [3.05, 3.63) is 66.5 Å². The average molecular weight is 393 g/mol. The molecule has 1 aromatic carbocycles. The molecule has 0 bridgehead atoms. The zero-order chi connectivity index (χ0) is 20.6. The van der Waals surface area contributed by atoms with Crippen LogP contribution in [-0.2, 0) is 0 Å². The summed E-state index contributed by atoms with van der Waals surface area (Å²) in [5, 5.41) is 25.0. The molecule has 0 radical (unpaired) electrons. The predicted octanol–water partition coefficient (Wildman–Crippen LogP) is 4.52. The van der Waals surface area contributed by atoms with Crippen molar-refractivity contribution in [2.75, 3.05) is 5.32 Å². The second-order valence-corrected chi connectivity index (χ2v) is 7.42. The maximum absolute atomic E-state index is 9.75. The molecule has 0 fully saturated rings. The maximum atomic E-state index is 9.75. The number of pyridine rings is 2. The van der Waals surface area contributed by atoms with Crippen molar-refractivity contribution in [2.45, 2.75) is 25.3 Å². The van der Waals surface area contributed by atoms with Crippen LogP contribution in [-0.4, -0.2) is 30.9 Å². The number of anilines is 1. The van der Waals surface area contributed by atoms with E-state index in [0.717, 1.165) is 40.6 Å². The Morgan fingerprint density at radius 1 is 1.13 bits per heavy atom. The molecule has 0 saturated heterocycles. The Morgan fingerprint density at radius 3 is 2.87 bits per heavy atom. The van der Waals surface area contributed by atoms with Gasteiger partial charge in [0.1, 0.15) is 11.6 Å². The molecule has 1 atom stereocenters. The molecular formula is C23H19N7. The topological polar surface area (TPSA) is 103 Å². The van der Waals surface area contributed by atoms with Gasteiger partial charge >= 0.3 is 0 Å². The Balaban J connectivity index is 1.66. The number of nitriles is 1. The molecule has 3 aromatic heterocycles. The van der Waals surface area contributed by atoms with E-state index in [2.05, 4.69) is 74.1 Å². The minimum Gasteiger partial charge on any atom is -0.374 e. The van der Waals surface area contributed by atoms with Gasteiger partial charge < -0.3 is 5.32 Å². The number of hydrogen-bond donors (Lipinski definition) is 2. The largest absolute Gasteiger partial charge is 0.374 e. The van der Waals surface area contributed by atoms with E-state index in [1.165, 1.54) is 0 Å². The fourth-order valence-corrected chi connectivity index (χ4v) is 3.85. The van der Waals surface area contributed by atoms with Crippen LogP contribution in [0.1, 0.15) is 25.3 Å². The van der Waals surface area contributed by atoms with E-state index in [9.17, 15) is 5.26 Å². The number of H-pyrrole nitrogens is 1. The number of rotatable bonds is 4. The summed E-state index contributed by atoms with van der Waals surface area (Å²) in [6, 6.07) is 10.3. The van der Waals surface area contributed by atoms with Gasteiger partial charge in [-0.2, -0.15) is 5.26 Å². The van der Waals surface area contributed by atoms with E-state index in [-0.39, 0.29) is 5.54 Å². The van der Waals surface area contributed by atoms with Crippen molar-refractivity contribution in [3.8, 4) is 17.2 Å². The third kappa shape index (κ3) is 2.99. The lowest BCUT2D eigenvalue weighted by Crippen LogP contribution is -2.36. The first-order valence-corrected chi connectivity index (χ1v) is 9.84. The zero-order valence-electron chi connectivity index (χ0n) is 16.4. The number of benzene rings is 1. The van der Waals surface area contributed by atoms with Gasteiger partial charge in [0, 0.05) is 23.3 Å². The lowest BCUT2D eigenvalue weighted by Gasteiger charge is -2.33. The van der Waals surface area contributed by atoms with Gasteiger partial charge in [-0.05, 0) is 36.6 Å². The van der Waals surface area contributed by atoms with Crippen LogP contribution in [0, 0.1) is 11.3 Å². The quantitative estimate of drug-likeness (QED) is 0.528. The smallest absolute Gasteiger partial charge is 0.175 e. The summed E-state index contributed by atoms with van der Waals surface area (Å²) in [4.78, 5) is 8.88. The predicted molar refractivity (Wildman–Crippen MR) is 117 cm³/mol. The van der Waals surface area contributed by atoms with E-state index < -0.39 is 0 Å². The third-order valence-corrected chi connectivity index (χ3v) is 5.65. The van der Waals surface area contributed by atoms with Crippen molar-refractivity contribution in [1.82, 2.24) is 25.4 Å². The van der Waals surface area contributed by atoms with E-state index in [0.29, 0.717) is 16.7 Å². The molecule has 0 amide bonds. The molecule has 5 rings (SSSR count). The first-order chi connectivity index (χ1) is 14.7. The van der Waals surface area contributed by atoms with E-state index in [4.69, 9.17) is 0 Å². The van der Waals surface area contributed by atoms with Crippen molar-refractivity contribution in [3.63, 3.8) is 0 Å². The third-order valence-electron chi connectivity index (χ3n) is 5.65. The second-order valence-electron chi connectivity index (χ2n) is 7.42. The standard InChI is InChI=1S/C23H19N7/c1-2-23(8-4-3-5-9-23)27-21-17(12-24)14-25-19-7-6-15(10-18(19)21)16-11-20-22(26-13-16)29-30-28-20/h3-8,10-11,13-14H,2,9H2,1H3,(H,25,27)(H,26,28,29,30). The fraction of sp³-hybridized carbons (Fsp3) is 0.174. The van der Waals surface area contributed by atoms with E-state index >= 15 is 0 Å². The lowest BCUT2D eigenvalue weighted by molar-refractivity contribution is 0.558. The molecular weight excluding hydrogens is 374 g/mol. The monoisotopic (exact) mass is 393 g/mol. The Bertz CT molecular complexity index is 1360. The molecule has 146 valence electrons. The average Bonchev–Trinajstić information content (AvgIpc) is 3.27. The Morgan fingerprint density at radius 2 is 2.07 bits per heavy atom. The van der Waals surface area contributed by atoms with Crippen molar-refractivity contribution in [2.24, 2.45) is 0 Å². The molecule has 2 N–H and O–H groups in total. The molecule has 4 aromatic rings. The molecule has 3 heterocycles. The highest BCUT2D eigenvalue weighted by molar-refractivity contribution is 5.97. The normalized spacial score (nSPS) is 18.0. The van der Waals surface area contributed by atoms with Crippen LogP contribution in [0.4, 0.5) is 5.69 Å². The van der Waals surface area contributed by atoms with E-state index in [1.807, 2.05) is 18.2 Å². The Labute approximate surface area is 173 Å². The SMILES string of the molecule is CCC1(Nc2c(C#N)cnc3ccc(-c4cnc5[nH]nnc5c4)cc23)C=CC=CC1. The lowest BCUT2D eigenvalue weighted by atomic mass is 9.87. The zero-order valence-corrected chi connectivity index (χ0v) is 16.4. The van der Waals surface area contributed by atoms with Gasteiger partial charge in [-0.3, -0.25) is 4.98 Å². The summed E-state index contributed by atoms with van der Waals surface area (Å²) in [5.41, 5.74) is 5.20. The second kappa shape index (κ2) is 7.08. The molecule has 1 aliphatic rings. The number of hydrogen-bond acceptors (Lipinski definition) is 6. The van der Waals surface area contributed by atoms with Gasteiger partial charge in [0.2, 0.25) is 0 Å². The van der Waals surface area contributed by atoms with Crippen LogP contribution in [0.5, 0.6) is 0 Å².